The van der Waals surface area contributed by atoms with Gasteiger partial charge in [0.2, 0.25) is 0 Å². The van der Waals surface area contributed by atoms with E-state index in [0.29, 0.717) is 10.6 Å². The minimum absolute atomic E-state index is 0.0476. The molecular weight excluding hydrogens is 353 g/mol. The number of hydrogen-bond acceptors (Lipinski definition) is 1. The van der Waals surface area contributed by atoms with Crippen LogP contribution in [0.3, 0.4) is 0 Å². The summed E-state index contributed by atoms with van der Waals surface area (Å²) < 4.78 is 14.7. The normalized spacial score (nSPS) is 12.4. The first-order valence-electron chi connectivity index (χ1n) is 6.97. The van der Waals surface area contributed by atoms with Crippen molar-refractivity contribution in [3.8, 4) is 0 Å². The maximum Gasteiger partial charge on any atom is 0.126 e. The quantitative estimate of drug-likeness (QED) is 0.718. The van der Waals surface area contributed by atoms with Gasteiger partial charge in [-0.2, -0.15) is 0 Å². The number of rotatable bonds is 5. The molecule has 0 spiro atoms. The molecule has 0 amide bonds. The van der Waals surface area contributed by atoms with Gasteiger partial charge < -0.3 is 5.32 Å². The lowest BCUT2D eigenvalue weighted by atomic mass is 9.97. The zero-order valence-electron chi connectivity index (χ0n) is 12.1. The van der Waals surface area contributed by atoms with E-state index >= 15 is 0 Å². The van der Waals surface area contributed by atoms with Crippen molar-refractivity contribution in [1.82, 2.24) is 5.32 Å². The third kappa shape index (κ3) is 4.06. The fourth-order valence-corrected chi connectivity index (χ4v) is 2.71. The average molecular weight is 371 g/mol. The first-order valence-corrected chi connectivity index (χ1v) is 8.14. The van der Waals surface area contributed by atoms with E-state index in [0.717, 1.165) is 28.6 Å². The summed E-state index contributed by atoms with van der Waals surface area (Å²) in [6.45, 7) is 4.74. The highest BCUT2D eigenvalue weighted by Crippen LogP contribution is 2.29. The van der Waals surface area contributed by atoms with Gasteiger partial charge in [0.1, 0.15) is 5.82 Å². The molecule has 1 N–H and O–H groups in total. The Hall–Kier alpha value is -0.900. The summed E-state index contributed by atoms with van der Waals surface area (Å²) in [4.78, 5) is 0. The molecule has 0 fully saturated rings. The van der Waals surface area contributed by atoms with E-state index in [9.17, 15) is 4.39 Å². The van der Waals surface area contributed by atoms with Crippen LogP contribution in [-0.2, 0) is 0 Å². The van der Waals surface area contributed by atoms with Crippen LogP contribution in [-0.4, -0.2) is 6.54 Å². The number of hydrogen-bond donors (Lipinski definition) is 1. The van der Waals surface area contributed by atoms with Crippen molar-refractivity contribution in [2.45, 2.75) is 26.3 Å². The van der Waals surface area contributed by atoms with Gasteiger partial charge in [0.25, 0.3) is 0 Å². The zero-order valence-corrected chi connectivity index (χ0v) is 14.4. The molecule has 0 aliphatic heterocycles. The van der Waals surface area contributed by atoms with E-state index in [-0.39, 0.29) is 11.9 Å². The highest BCUT2D eigenvalue weighted by molar-refractivity contribution is 9.10. The highest BCUT2D eigenvalue weighted by Gasteiger charge is 2.15. The van der Waals surface area contributed by atoms with Gasteiger partial charge in [0.15, 0.2) is 0 Å². The highest BCUT2D eigenvalue weighted by atomic mass is 79.9. The third-order valence-electron chi connectivity index (χ3n) is 3.40. The Morgan fingerprint density at radius 2 is 1.86 bits per heavy atom. The molecule has 0 heterocycles. The van der Waals surface area contributed by atoms with Gasteiger partial charge in [-0.1, -0.05) is 36.7 Å². The molecule has 0 saturated heterocycles. The van der Waals surface area contributed by atoms with Crippen LogP contribution in [0.25, 0.3) is 0 Å². The Kier molecular flexibility index (Phi) is 5.80. The third-order valence-corrected chi connectivity index (χ3v) is 4.62. The van der Waals surface area contributed by atoms with Gasteiger partial charge in [-0.3, -0.25) is 0 Å². The van der Waals surface area contributed by atoms with Gasteiger partial charge in [0, 0.05) is 4.47 Å². The van der Waals surface area contributed by atoms with Crippen molar-refractivity contribution in [1.29, 1.82) is 0 Å². The molecule has 1 atom stereocenters. The van der Waals surface area contributed by atoms with Gasteiger partial charge in [0.05, 0.1) is 11.1 Å². The predicted octanol–water partition coefficient (Wildman–Crippen LogP) is 5.64. The molecule has 0 aliphatic carbocycles. The van der Waals surface area contributed by atoms with E-state index in [1.165, 1.54) is 0 Å². The van der Waals surface area contributed by atoms with Crippen LogP contribution in [0.2, 0.25) is 5.02 Å². The van der Waals surface area contributed by atoms with E-state index in [4.69, 9.17) is 11.6 Å². The van der Waals surface area contributed by atoms with Gasteiger partial charge in [-0.25, -0.2) is 4.39 Å². The van der Waals surface area contributed by atoms with Crippen molar-refractivity contribution in [2.75, 3.05) is 6.54 Å². The van der Waals surface area contributed by atoms with Crippen LogP contribution in [0, 0.1) is 12.7 Å². The number of nitrogens with one attached hydrogen (secondary N) is 1. The molecule has 21 heavy (non-hydrogen) atoms. The van der Waals surface area contributed by atoms with E-state index < -0.39 is 0 Å². The standard InChI is InChI=1S/C17H18BrClFN/c1-3-8-21-17(12-6-7-15(19)14(18)9-12)13-5-4-11(2)16(20)10-13/h4-7,9-10,17,21H,3,8H2,1-2H3. The molecule has 4 heteroatoms. The summed E-state index contributed by atoms with van der Waals surface area (Å²) in [6, 6.07) is 11.1. The summed E-state index contributed by atoms with van der Waals surface area (Å²) in [5, 5.41) is 4.13. The van der Waals surface area contributed by atoms with Crippen molar-refractivity contribution < 1.29 is 4.39 Å². The Morgan fingerprint density at radius 1 is 1.19 bits per heavy atom. The second kappa shape index (κ2) is 7.39. The summed E-state index contributed by atoms with van der Waals surface area (Å²) in [5.41, 5.74) is 2.63. The molecule has 0 radical (unpaired) electrons. The number of halogens is 3. The molecule has 2 aromatic rings. The summed E-state index contributed by atoms with van der Waals surface area (Å²) in [5.74, 6) is -0.177. The largest absolute Gasteiger partial charge is 0.306 e. The molecule has 112 valence electrons. The first-order chi connectivity index (χ1) is 10.0. The molecule has 1 nitrogen and oxygen atoms in total. The molecule has 1 unspecified atom stereocenters. The predicted molar refractivity (Wildman–Crippen MR) is 90.4 cm³/mol. The molecule has 0 bridgehead atoms. The Morgan fingerprint density at radius 3 is 2.48 bits per heavy atom. The maximum absolute atomic E-state index is 13.9. The molecule has 0 aromatic heterocycles. The second-order valence-corrected chi connectivity index (χ2v) is 6.33. The second-order valence-electron chi connectivity index (χ2n) is 5.07. The van der Waals surface area contributed by atoms with Crippen molar-refractivity contribution in [2.24, 2.45) is 0 Å². The van der Waals surface area contributed by atoms with Gasteiger partial charge in [-0.15, -0.1) is 0 Å². The topological polar surface area (TPSA) is 12.0 Å². The van der Waals surface area contributed by atoms with E-state index in [1.54, 1.807) is 13.0 Å². The Balaban J connectivity index is 2.41. The lowest BCUT2D eigenvalue weighted by Gasteiger charge is -2.20. The molecular formula is C17H18BrClFN. The lowest BCUT2D eigenvalue weighted by Crippen LogP contribution is -2.23. The van der Waals surface area contributed by atoms with Crippen molar-refractivity contribution in [3.63, 3.8) is 0 Å². The molecule has 2 rings (SSSR count). The van der Waals surface area contributed by atoms with Crippen LogP contribution in [0.15, 0.2) is 40.9 Å². The zero-order chi connectivity index (χ0) is 15.4. The van der Waals surface area contributed by atoms with Gasteiger partial charge >= 0.3 is 0 Å². The summed E-state index contributed by atoms with van der Waals surface area (Å²) in [6.07, 6.45) is 1.01. The first kappa shape index (κ1) is 16.5. The number of aryl methyl sites for hydroxylation is 1. The maximum atomic E-state index is 13.9. The van der Waals surface area contributed by atoms with E-state index in [2.05, 4.69) is 28.2 Å². The minimum Gasteiger partial charge on any atom is -0.306 e. The van der Waals surface area contributed by atoms with Crippen LogP contribution >= 0.6 is 27.5 Å². The van der Waals surface area contributed by atoms with Crippen molar-refractivity contribution >= 4 is 27.5 Å². The molecule has 2 aromatic carbocycles. The fourth-order valence-electron chi connectivity index (χ4n) is 2.20. The van der Waals surface area contributed by atoms with Crippen LogP contribution in [0.5, 0.6) is 0 Å². The molecule has 0 aliphatic rings. The lowest BCUT2D eigenvalue weighted by molar-refractivity contribution is 0.582. The summed E-state index contributed by atoms with van der Waals surface area (Å²) >= 11 is 9.50. The van der Waals surface area contributed by atoms with Crippen LogP contribution in [0.1, 0.15) is 36.1 Å². The minimum atomic E-state index is -0.177. The van der Waals surface area contributed by atoms with E-state index in [1.807, 2.05) is 30.3 Å². The van der Waals surface area contributed by atoms with Crippen LogP contribution in [0.4, 0.5) is 4.39 Å². The van der Waals surface area contributed by atoms with Crippen LogP contribution < -0.4 is 5.32 Å². The average Bonchev–Trinajstić information content (AvgIpc) is 2.46. The summed E-state index contributed by atoms with van der Waals surface area (Å²) in [7, 11) is 0. The van der Waals surface area contributed by atoms with Crippen molar-refractivity contribution in [3.05, 3.63) is 68.4 Å². The molecule has 0 saturated carbocycles. The Labute approximate surface area is 138 Å². The fraction of sp³-hybridized carbons (Fsp3) is 0.294. The van der Waals surface area contributed by atoms with Gasteiger partial charge in [-0.05, 0) is 70.7 Å². The smallest absolute Gasteiger partial charge is 0.126 e. The SMILES string of the molecule is CCCNC(c1ccc(C)c(F)c1)c1ccc(Cl)c(Br)c1. The number of benzene rings is 2. The monoisotopic (exact) mass is 369 g/mol. The Bertz CT molecular complexity index is 579.